The zero-order valence-electron chi connectivity index (χ0n) is 21.6. The summed E-state index contributed by atoms with van der Waals surface area (Å²) >= 11 is 0. The van der Waals surface area contributed by atoms with Gasteiger partial charge in [0.15, 0.2) is 24.5 Å². The van der Waals surface area contributed by atoms with Crippen LogP contribution in [0.4, 0.5) is 0 Å². The van der Waals surface area contributed by atoms with Gasteiger partial charge in [-0.05, 0) is 13.0 Å². The fourth-order valence-electron chi connectivity index (χ4n) is 5.74. The number of esters is 1. The molecule has 0 amide bonds. The van der Waals surface area contributed by atoms with E-state index in [1.807, 2.05) is 0 Å². The molecule has 2 aromatic rings. The third kappa shape index (κ3) is 4.22. The molecule has 0 saturated carbocycles. The van der Waals surface area contributed by atoms with Crippen molar-refractivity contribution >= 4 is 17.5 Å². The molecular formula is C27H29NO12. The minimum Gasteiger partial charge on any atom is -0.507 e. The minimum atomic E-state index is -2.37. The second-order valence-corrected chi connectivity index (χ2v) is 10.1. The lowest BCUT2D eigenvalue weighted by Gasteiger charge is -2.41. The van der Waals surface area contributed by atoms with Crippen molar-refractivity contribution in [3.8, 4) is 17.2 Å². The van der Waals surface area contributed by atoms with Crippen LogP contribution in [0.5, 0.6) is 17.2 Å². The number of phenolic OH excluding ortho intramolecular Hbond substituents is 2. The number of phenols is 2. The summed E-state index contributed by atoms with van der Waals surface area (Å²) in [5, 5.41) is 53.4. The summed E-state index contributed by atoms with van der Waals surface area (Å²) in [4.78, 5) is 39.9. The number of hydrogen-bond acceptors (Lipinski definition) is 13. The topological polar surface area (TPSA) is 215 Å². The summed E-state index contributed by atoms with van der Waals surface area (Å²) in [6.07, 6.45) is -5.40. The van der Waals surface area contributed by atoms with Gasteiger partial charge in [-0.3, -0.25) is 9.59 Å². The highest BCUT2D eigenvalue weighted by Crippen LogP contribution is 2.52. The minimum absolute atomic E-state index is 0.00344. The Morgan fingerprint density at radius 2 is 1.85 bits per heavy atom. The van der Waals surface area contributed by atoms with Crippen LogP contribution in [-0.4, -0.2) is 87.1 Å². The Labute approximate surface area is 227 Å². The number of benzene rings is 2. The quantitative estimate of drug-likeness (QED) is 0.137. The Morgan fingerprint density at radius 3 is 2.50 bits per heavy atom. The maximum absolute atomic E-state index is 13.7. The van der Waals surface area contributed by atoms with Gasteiger partial charge < -0.3 is 50.2 Å². The van der Waals surface area contributed by atoms with E-state index < -0.39 is 96.0 Å². The van der Waals surface area contributed by atoms with Gasteiger partial charge in [0, 0.05) is 42.0 Å². The predicted octanol–water partition coefficient (Wildman–Crippen LogP) is -0.0671. The molecule has 40 heavy (non-hydrogen) atoms. The second-order valence-electron chi connectivity index (χ2n) is 10.1. The van der Waals surface area contributed by atoms with E-state index >= 15 is 0 Å². The van der Waals surface area contributed by atoms with Crippen LogP contribution < -0.4 is 10.5 Å². The number of aliphatic hydroxyl groups is 3. The molecule has 2 aliphatic carbocycles. The number of rotatable bonds is 5. The number of carbonyl (C=O) groups is 3. The van der Waals surface area contributed by atoms with Gasteiger partial charge in [0.1, 0.15) is 17.2 Å². The van der Waals surface area contributed by atoms with Crippen molar-refractivity contribution in [1.82, 2.24) is 0 Å². The zero-order valence-corrected chi connectivity index (χ0v) is 21.6. The third-order valence-corrected chi connectivity index (χ3v) is 7.72. The van der Waals surface area contributed by atoms with Crippen molar-refractivity contribution in [3.63, 3.8) is 0 Å². The highest BCUT2D eigenvalue weighted by Gasteiger charge is 2.51. The summed E-state index contributed by atoms with van der Waals surface area (Å²) in [6, 6.07) is 3.59. The van der Waals surface area contributed by atoms with Gasteiger partial charge in [0.25, 0.3) is 0 Å². The number of aliphatic hydroxyl groups excluding tert-OH is 2. The number of fused-ring (bicyclic) bond motifs is 3. The van der Waals surface area contributed by atoms with Crippen molar-refractivity contribution in [2.24, 2.45) is 5.73 Å². The van der Waals surface area contributed by atoms with E-state index in [0.717, 1.165) is 0 Å². The number of aromatic hydroxyl groups is 2. The lowest BCUT2D eigenvalue weighted by molar-refractivity contribution is -0.248. The number of methoxy groups -OCH3 is 1. The Bertz CT molecular complexity index is 1390. The van der Waals surface area contributed by atoms with Crippen molar-refractivity contribution in [1.29, 1.82) is 0 Å². The molecule has 1 heterocycles. The number of ether oxygens (including phenoxy) is 4. The monoisotopic (exact) mass is 559 g/mol. The molecule has 0 unspecified atom stereocenters. The van der Waals surface area contributed by atoms with Gasteiger partial charge >= 0.3 is 5.97 Å². The number of nitrogens with two attached hydrogens (primary N) is 1. The van der Waals surface area contributed by atoms with Gasteiger partial charge in [-0.15, -0.1) is 0 Å². The SMILES string of the molecule is COc1cccc2c1C(=O)c1c(O)c3c(c(O)c1C2=O)C[C@@](O)(C(=O)OCO)C[C@@H]3O[C@H]1C[C@H](N)[C@@H](O)[C@H](C)O1. The van der Waals surface area contributed by atoms with E-state index in [4.69, 9.17) is 25.1 Å². The number of hydrogen-bond donors (Lipinski definition) is 6. The third-order valence-electron chi connectivity index (χ3n) is 7.72. The maximum Gasteiger partial charge on any atom is 0.340 e. The van der Waals surface area contributed by atoms with E-state index in [1.165, 1.54) is 25.3 Å². The largest absolute Gasteiger partial charge is 0.507 e. The van der Waals surface area contributed by atoms with Crippen LogP contribution in [-0.2, 0) is 25.4 Å². The van der Waals surface area contributed by atoms with Crippen LogP contribution in [0.15, 0.2) is 18.2 Å². The Hall–Kier alpha value is -3.59. The van der Waals surface area contributed by atoms with Crippen LogP contribution in [0.3, 0.4) is 0 Å². The van der Waals surface area contributed by atoms with E-state index in [2.05, 4.69) is 4.74 Å². The molecule has 13 nitrogen and oxygen atoms in total. The van der Waals surface area contributed by atoms with Crippen LogP contribution in [0.2, 0.25) is 0 Å². The van der Waals surface area contributed by atoms with Gasteiger partial charge in [0.05, 0.1) is 42.1 Å². The molecule has 0 aromatic heterocycles. The fraction of sp³-hybridized carbons (Fsp3) is 0.444. The molecule has 7 N–H and O–H groups in total. The summed E-state index contributed by atoms with van der Waals surface area (Å²) in [5.74, 6) is -4.15. The predicted molar refractivity (Wildman–Crippen MR) is 133 cm³/mol. The Balaban J connectivity index is 1.68. The summed E-state index contributed by atoms with van der Waals surface area (Å²) < 4.78 is 21.6. The number of ketones is 2. The molecule has 6 atom stereocenters. The molecule has 1 saturated heterocycles. The molecule has 0 spiro atoms. The first-order chi connectivity index (χ1) is 18.9. The highest BCUT2D eigenvalue weighted by molar-refractivity contribution is 6.31. The van der Waals surface area contributed by atoms with Crippen molar-refractivity contribution < 1.29 is 58.9 Å². The van der Waals surface area contributed by atoms with Crippen LogP contribution in [0.25, 0.3) is 0 Å². The maximum atomic E-state index is 13.7. The van der Waals surface area contributed by atoms with Crippen LogP contribution >= 0.6 is 0 Å². The first kappa shape index (κ1) is 28.0. The Morgan fingerprint density at radius 1 is 1.15 bits per heavy atom. The normalized spacial score (nSPS) is 29.3. The zero-order chi connectivity index (χ0) is 29.1. The van der Waals surface area contributed by atoms with E-state index in [0.29, 0.717) is 0 Å². The average molecular weight is 560 g/mol. The molecule has 0 radical (unpaired) electrons. The average Bonchev–Trinajstić information content (AvgIpc) is 2.91. The molecule has 2 aromatic carbocycles. The summed E-state index contributed by atoms with van der Waals surface area (Å²) in [5.41, 5.74) is 2.10. The van der Waals surface area contributed by atoms with E-state index in [9.17, 15) is 34.8 Å². The Kier molecular flexibility index (Phi) is 7.06. The molecule has 1 fully saturated rings. The van der Waals surface area contributed by atoms with Crippen molar-refractivity contribution in [2.45, 2.75) is 62.4 Å². The molecular weight excluding hydrogens is 530 g/mol. The van der Waals surface area contributed by atoms with E-state index in [-0.39, 0.29) is 34.4 Å². The fourth-order valence-corrected chi connectivity index (χ4v) is 5.74. The molecule has 5 rings (SSSR count). The number of carbonyl (C=O) groups excluding carboxylic acids is 3. The summed E-state index contributed by atoms with van der Waals surface area (Å²) in [6.45, 7) is 0.529. The summed E-state index contributed by atoms with van der Waals surface area (Å²) in [7, 11) is 1.32. The molecule has 13 heteroatoms. The van der Waals surface area contributed by atoms with Gasteiger partial charge in [-0.1, -0.05) is 12.1 Å². The van der Waals surface area contributed by atoms with Crippen molar-refractivity contribution in [3.05, 3.63) is 51.6 Å². The molecule has 1 aliphatic heterocycles. The van der Waals surface area contributed by atoms with Gasteiger partial charge in [-0.25, -0.2) is 4.79 Å². The standard InChI is InChI=1S/C27H29NO12/c1-10-21(30)13(28)6-16(39-10)40-15-8-27(36,26(35)38-9-29)7-12-18(15)25(34)20-19(23(12)32)22(31)11-4-3-5-14(37-2)17(11)24(20)33/h3-5,10,13,15-16,21,29-30,32,34,36H,6-9,28H2,1-2H3/t10-,13-,15-,16-,21-,27-/m0/s1. The molecule has 3 aliphatic rings. The first-order valence-electron chi connectivity index (χ1n) is 12.6. The first-order valence-corrected chi connectivity index (χ1v) is 12.6. The van der Waals surface area contributed by atoms with Crippen LogP contribution in [0, 0.1) is 0 Å². The second kappa shape index (κ2) is 10.1. The smallest absolute Gasteiger partial charge is 0.340 e. The van der Waals surface area contributed by atoms with Crippen molar-refractivity contribution in [2.75, 3.05) is 13.9 Å². The lowest BCUT2D eigenvalue weighted by Crippen LogP contribution is -2.53. The lowest BCUT2D eigenvalue weighted by atomic mass is 9.73. The molecule has 214 valence electrons. The molecule has 0 bridgehead atoms. The van der Waals surface area contributed by atoms with Gasteiger partial charge in [0.2, 0.25) is 5.78 Å². The van der Waals surface area contributed by atoms with E-state index in [1.54, 1.807) is 6.92 Å². The van der Waals surface area contributed by atoms with Crippen LogP contribution in [0.1, 0.15) is 68.8 Å². The van der Waals surface area contributed by atoms with Gasteiger partial charge in [-0.2, -0.15) is 0 Å². The highest BCUT2D eigenvalue weighted by atomic mass is 16.7.